The minimum Gasteiger partial charge on any atom is -0.311 e. The van der Waals surface area contributed by atoms with Crippen molar-refractivity contribution in [2.24, 2.45) is 0 Å². The monoisotopic (exact) mass is 1140 g/mol. The maximum atomic E-state index is 5.54. The molecule has 3 aromatic heterocycles. The number of aromatic nitrogens is 6. The van der Waals surface area contributed by atoms with E-state index in [2.05, 4.69) is 270 Å². The summed E-state index contributed by atoms with van der Waals surface area (Å²) in [4.78, 5) is 31.8. The van der Waals surface area contributed by atoms with E-state index in [9.17, 15) is 0 Å². The van der Waals surface area contributed by atoms with Crippen molar-refractivity contribution in [2.45, 2.75) is 6.92 Å². The number of fused-ring (bicyclic) bond motifs is 7. The Kier molecular flexibility index (Phi) is 12.4. The van der Waals surface area contributed by atoms with E-state index in [1.807, 2.05) is 54.6 Å². The molecule has 0 N–H and O–H groups in total. The molecule has 416 valence electrons. The van der Waals surface area contributed by atoms with Crippen LogP contribution in [0.3, 0.4) is 0 Å². The molecule has 5 heterocycles. The van der Waals surface area contributed by atoms with Crippen LogP contribution in [0, 0.1) is 6.92 Å². The summed E-state index contributed by atoms with van der Waals surface area (Å²) in [6.45, 7) is 2.22. The summed E-state index contributed by atoms with van der Waals surface area (Å²) in [6, 6.07) is 108. The van der Waals surface area contributed by atoms with E-state index in [-0.39, 0.29) is 6.71 Å². The Balaban J connectivity index is 0.808. The summed E-state index contributed by atoms with van der Waals surface area (Å²) in [7, 11) is 0. The highest BCUT2D eigenvalue weighted by molar-refractivity contribution is 7.00. The van der Waals surface area contributed by atoms with Crippen LogP contribution in [0.25, 0.3) is 107 Å². The molecule has 0 saturated heterocycles. The minimum atomic E-state index is 0.0674. The van der Waals surface area contributed by atoms with Crippen LogP contribution in [-0.2, 0) is 0 Å². The van der Waals surface area contributed by atoms with E-state index >= 15 is 0 Å². The number of anilines is 6. The molecule has 12 aromatic carbocycles. The fourth-order valence-electron chi connectivity index (χ4n) is 13.4. The second kappa shape index (κ2) is 21.3. The SMILES string of the molecule is Cc1ccc2c(c1)c1ccccc1n2-c1ccc(-c2nc(-c3ccccc3)cc(-c3ccccc3)n2)cc1-c1nc(-c2ccccc2)nc(-c2cccc(-c3ccc(N4c5ccccc5B5c6ccccc6N(c6ccccc6)c6cccc4c65)cc3)c2)n1. The lowest BCUT2D eigenvalue weighted by atomic mass is 9.33. The van der Waals surface area contributed by atoms with E-state index in [1.165, 1.54) is 50.1 Å². The van der Waals surface area contributed by atoms with Gasteiger partial charge in [-0.2, -0.15) is 0 Å². The van der Waals surface area contributed by atoms with Gasteiger partial charge in [-0.05, 0) is 132 Å². The summed E-state index contributed by atoms with van der Waals surface area (Å²) < 4.78 is 2.35. The molecule has 0 atom stereocenters. The van der Waals surface area contributed by atoms with Crippen LogP contribution in [0.2, 0.25) is 0 Å². The van der Waals surface area contributed by atoms with Crippen LogP contribution >= 0.6 is 0 Å². The van der Waals surface area contributed by atoms with E-state index in [1.54, 1.807) is 0 Å². The summed E-state index contributed by atoms with van der Waals surface area (Å²) >= 11 is 0. The summed E-state index contributed by atoms with van der Waals surface area (Å²) in [6.07, 6.45) is 0. The number of aryl methyl sites for hydroxylation is 1. The topological polar surface area (TPSA) is 75.9 Å². The lowest BCUT2D eigenvalue weighted by Crippen LogP contribution is -2.61. The van der Waals surface area contributed by atoms with Crippen LogP contribution in [0.5, 0.6) is 0 Å². The van der Waals surface area contributed by atoms with Gasteiger partial charge in [-0.15, -0.1) is 0 Å². The smallest absolute Gasteiger partial charge is 0.252 e. The third-order valence-corrected chi connectivity index (χ3v) is 17.5. The molecule has 89 heavy (non-hydrogen) atoms. The van der Waals surface area contributed by atoms with Gasteiger partial charge in [-0.3, -0.25) is 0 Å². The summed E-state index contributed by atoms with van der Waals surface area (Å²) in [5.74, 6) is 2.22. The molecule has 2 aliphatic heterocycles. The third-order valence-electron chi connectivity index (χ3n) is 17.5. The fraction of sp³-hybridized carbons (Fsp3) is 0.0125. The molecule has 0 radical (unpaired) electrons. The Bertz CT molecular complexity index is 5170. The first-order valence-corrected chi connectivity index (χ1v) is 30.2. The molecule has 15 aromatic rings. The molecule has 2 aliphatic rings. The minimum absolute atomic E-state index is 0.0674. The van der Waals surface area contributed by atoms with Gasteiger partial charge in [-0.25, -0.2) is 24.9 Å². The van der Waals surface area contributed by atoms with Crippen molar-refractivity contribution in [2.75, 3.05) is 9.80 Å². The number of benzene rings is 12. The molecular formula is C80H53BN8. The number of nitrogens with zero attached hydrogens (tertiary/aromatic N) is 8. The zero-order valence-electron chi connectivity index (χ0n) is 48.5. The van der Waals surface area contributed by atoms with Crippen molar-refractivity contribution in [3.8, 4) is 84.9 Å². The standard InChI is InChI=1S/C80H53BN8/c1-52-40-46-70-63(48-52)62-32-14-17-35-69(62)89(70)71-47-43-59(78-82-67(54-22-6-2-7-23-54)51-68(83-78)55-24-8-3-9-25-55)50-64(71)80-85-77(56-26-10-4-11-27-56)84-79(86-80)58-29-20-28-57(49-58)53-41-44-61(45-42-53)88-73-37-19-16-34-66(73)81-65-33-15-18-36-72(65)87(60-30-12-5-13-31-60)74-38-21-39-75(88)76(74)81/h2-51H,1H3. The molecule has 0 spiro atoms. The van der Waals surface area contributed by atoms with Gasteiger partial charge in [0, 0.05) is 78.3 Å². The Morgan fingerprint density at radius 2 is 0.753 bits per heavy atom. The van der Waals surface area contributed by atoms with Crippen molar-refractivity contribution in [1.29, 1.82) is 0 Å². The van der Waals surface area contributed by atoms with E-state index in [4.69, 9.17) is 24.9 Å². The molecular weight excluding hydrogens is 1080 g/mol. The van der Waals surface area contributed by atoms with Gasteiger partial charge in [0.25, 0.3) is 6.71 Å². The molecule has 0 bridgehead atoms. The van der Waals surface area contributed by atoms with Crippen molar-refractivity contribution in [3.63, 3.8) is 0 Å². The van der Waals surface area contributed by atoms with E-state index in [0.29, 0.717) is 23.3 Å². The molecule has 17 rings (SSSR count). The van der Waals surface area contributed by atoms with Crippen LogP contribution in [0.1, 0.15) is 5.56 Å². The van der Waals surface area contributed by atoms with E-state index < -0.39 is 0 Å². The zero-order chi connectivity index (χ0) is 58.9. The van der Waals surface area contributed by atoms with Crippen LogP contribution in [0.15, 0.2) is 303 Å². The fourth-order valence-corrected chi connectivity index (χ4v) is 13.4. The normalized spacial score (nSPS) is 12.3. The molecule has 0 amide bonds. The Morgan fingerprint density at radius 3 is 1.42 bits per heavy atom. The maximum absolute atomic E-state index is 5.54. The van der Waals surface area contributed by atoms with Gasteiger partial charge in [0.1, 0.15) is 0 Å². The average molecular weight is 1140 g/mol. The quantitative estimate of drug-likeness (QED) is 0.126. The number of hydrogen-bond acceptors (Lipinski definition) is 7. The van der Waals surface area contributed by atoms with Crippen LogP contribution < -0.4 is 26.2 Å². The maximum Gasteiger partial charge on any atom is 0.252 e. The lowest BCUT2D eigenvalue weighted by Gasteiger charge is -2.44. The van der Waals surface area contributed by atoms with Gasteiger partial charge in [0.2, 0.25) is 0 Å². The molecule has 9 heteroatoms. The average Bonchev–Trinajstić information content (AvgIpc) is 1.13. The highest BCUT2D eigenvalue weighted by Gasteiger charge is 2.43. The Morgan fingerprint density at radius 1 is 0.281 bits per heavy atom. The highest BCUT2D eigenvalue weighted by Crippen LogP contribution is 2.45. The van der Waals surface area contributed by atoms with Gasteiger partial charge in [-0.1, -0.05) is 212 Å². The molecule has 0 fully saturated rings. The first kappa shape index (κ1) is 51.6. The van der Waals surface area contributed by atoms with E-state index in [0.717, 1.165) is 89.4 Å². The molecule has 0 saturated carbocycles. The lowest BCUT2D eigenvalue weighted by molar-refractivity contribution is 1.06. The van der Waals surface area contributed by atoms with Gasteiger partial charge >= 0.3 is 0 Å². The summed E-state index contributed by atoms with van der Waals surface area (Å²) in [5, 5.41) is 2.33. The second-order valence-corrected chi connectivity index (χ2v) is 22.9. The zero-order valence-corrected chi connectivity index (χ0v) is 48.5. The number of hydrogen-bond donors (Lipinski definition) is 0. The highest BCUT2D eigenvalue weighted by atomic mass is 15.2. The summed E-state index contributed by atoms with van der Waals surface area (Å²) in [5.41, 5.74) is 24.2. The van der Waals surface area contributed by atoms with Crippen LogP contribution in [0.4, 0.5) is 34.1 Å². The van der Waals surface area contributed by atoms with Gasteiger partial charge in [0.05, 0.1) is 28.1 Å². The van der Waals surface area contributed by atoms with Crippen molar-refractivity contribution < 1.29 is 0 Å². The Labute approximate surface area is 516 Å². The third kappa shape index (κ3) is 8.89. The molecule has 8 nitrogen and oxygen atoms in total. The second-order valence-electron chi connectivity index (χ2n) is 22.9. The van der Waals surface area contributed by atoms with Crippen molar-refractivity contribution >= 4 is 79.0 Å². The van der Waals surface area contributed by atoms with Crippen molar-refractivity contribution in [1.82, 2.24) is 29.5 Å². The van der Waals surface area contributed by atoms with Crippen LogP contribution in [-0.4, -0.2) is 36.2 Å². The molecule has 0 unspecified atom stereocenters. The first-order chi connectivity index (χ1) is 44.0. The number of para-hydroxylation sites is 4. The number of rotatable bonds is 10. The predicted molar refractivity (Wildman–Crippen MR) is 367 cm³/mol. The first-order valence-electron chi connectivity index (χ1n) is 30.2. The predicted octanol–water partition coefficient (Wildman–Crippen LogP) is 17.8. The van der Waals surface area contributed by atoms with Gasteiger partial charge in [0.15, 0.2) is 23.3 Å². The van der Waals surface area contributed by atoms with Gasteiger partial charge < -0.3 is 14.4 Å². The largest absolute Gasteiger partial charge is 0.311 e. The van der Waals surface area contributed by atoms with Crippen molar-refractivity contribution in [3.05, 3.63) is 309 Å². The molecule has 0 aliphatic carbocycles. The Hall–Kier alpha value is -11.8.